The summed E-state index contributed by atoms with van der Waals surface area (Å²) in [6.45, 7) is 2.30. The Labute approximate surface area is 169 Å². The average Bonchev–Trinajstić information content (AvgIpc) is 3.31. The Hall–Kier alpha value is -2.06. The van der Waals surface area contributed by atoms with Crippen LogP contribution < -0.4 is 4.90 Å². The first-order chi connectivity index (χ1) is 13.1. The normalized spacial score (nSPS) is 15.3. The molecule has 0 unspecified atom stereocenters. The van der Waals surface area contributed by atoms with E-state index in [2.05, 4.69) is 30.9 Å². The number of carbonyl (C=O) groups is 1. The number of aromatic nitrogens is 3. The van der Waals surface area contributed by atoms with Gasteiger partial charge in [-0.25, -0.2) is 9.37 Å². The van der Waals surface area contributed by atoms with E-state index in [4.69, 9.17) is 0 Å². The van der Waals surface area contributed by atoms with E-state index in [0.29, 0.717) is 12.1 Å². The van der Waals surface area contributed by atoms with Crippen LogP contribution in [0.5, 0.6) is 0 Å². The predicted molar refractivity (Wildman–Crippen MR) is 107 cm³/mol. The summed E-state index contributed by atoms with van der Waals surface area (Å²) in [6.07, 6.45) is 7.18. The molecule has 1 saturated heterocycles. The Morgan fingerprint density at radius 1 is 1.22 bits per heavy atom. The lowest BCUT2D eigenvalue weighted by Crippen LogP contribution is -2.36. The van der Waals surface area contributed by atoms with Gasteiger partial charge in [-0.05, 0) is 53.0 Å². The molecule has 1 aliphatic heterocycles. The minimum absolute atomic E-state index is 0.00688. The molecule has 1 aliphatic rings. The molecule has 27 heavy (non-hydrogen) atoms. The molecular weight excluding hydrogens is 431 g/mol. The Kier molecular flexibility index (Phi) is 5.36. The molecule has 1 aromatic carbocycles. The zero-order chi connectivity index (χ0) is 18.8. The van der Waals surface area contributed by atoms with Gasteiger partial charge in [0.05, 0.1) is 17.2 Å². The van der Waals surface area contributed by atoms with Gasteiger partial charge < -0.3 is 4.90 Å². The van der Waals surface area contributed by atoms with Crippen molar-refractivity contribution in [1.82, 2.24) is 14.8 Å². The van der Waals surface area contributed by atoms with Crippen molar-refractivity contribution in [3.8, 4) is 0 Å². The van der Waals surface area contributed by atoms with Gasteiger partial charge in [0.25, 0.3) is 0 Å². The van der Waals surface area contributed by atoms with Gasteiger partial charge in [0, 0.05) is 41.8 Å². The summed E-state index contributed by atoms with van der Waals surface area (Å²) >= 11 is 5.06. The highest BCUT2D eigenvalue weighted by Gasteiger charge is 2.27. The Morgan fingerprint density at radius 2 is 1.96 bits per heavy atom. The standard InChI is InChI=1S/C19H18BrFN4OS/c20-15-9-23-25(11-15)12-17-10-22-19(27-17)24-7-5-14(6-8-24)18(26)13-1-3-16(21)4-2-13/h1-4,9-11,14H,5-8,12H2. The summed E-state index contributed by atoms with van der Waals surface area (Å²) in [4.78, 5) is 20.5. The zero-order valence-corrected chi connectivity index (χ0v) is 16.9. The maximum Gasteiger partial charge on any atom is 0.185 e. The second kappa shape index (κ2) is 7.90. The van der Waals surface area contributed by atoms with Crippen LogP contribution in [-0.2, 0) is 6.54 Å². The third-order valence-electron chi connectivity index (χ3n) is 4.73. The number of benzene rings is 1. The molecule has 140 valence electrons. The molecule has 4 rings (SSSR count). The van der Waals surface area contributed by atoms with Crippen LogP contribution in [0, 0.1) is 11.7 Å². The Balaban J connectivity index is 1.35. The van der Waals surface area contributed by atoms with Crippen LogP contribution in [0.4, 0.5) is 9.52 Å². The van der Waals surface area contributed by atoms with Gasteiger partial charge in [0.1, 0.15) is 5.82 Å². The highest BCUT2D eigenvalue weighted by Crippen LogP contribution is 2.29. The summed E-state index contributed by atoms with van der Waals surface area (Å²) in [7, 11) is 0. The Bertz CT molecular complexity index is 931. The minimum atomic E-state index is -0.316. The molecule has 0 aliphatic carbocycles. The smallest absolute Gasteiger partial charge is 0.185 e. The molecule has 1 fully saturated rings. The Morgan fingerprint density at radius 3 is 2.63 bits per heavy atom. The quantitative estimate of drug-likeness (QED) is 0.543. The number of carbonyl (C=O) groups excluding carboxylic acids is 1. The average molecular weight is 449 g/mol. The second-order valence-electron chi connectivity index (χ2n) is 6.60. The fourth-order valence-corrected chi connectivity index (χ4v) is 4.57. The van der Waals surface area contributed by atoms with Crippen molar-refractivity contribution in [2.45, 2.75) is 19.4 Å². The number of rotatable bonds is 5. The number of halogens is 2. The van der Waals surface area contributed by atoms with Crippen LogP contribution in [-0.4, -0.2) is 33.6 Å². The van der Waals surface area contributed by atoms with E-state index in [9.17, 15) is 9.18 Å². The largest absolute Gasteiger partial charge is 0.348 e. The summed E-state index contributed by atoms with van der Waals surface area (Å²) in [5.74, 6) is -0.213. The number of thiazole rings is 1. The van der Waals surface area contributed by atoms with Crippen LogP contribution in [0.2, 0.25) is 0 Å². The first kappa shape index (κ1) is 18.3. The highest BCUT2D eigenvalue weighted by molar-refractivity contribution is 9.10. The number of ketones is 1. The molecule has 3 heterocycles. The first-order valence-electron chi connectivity index (χ1n) is 8.76. The zero-order valence-electron chi connectivity index (χ0n) is 14.5. The van der Waals surface area contributed by atoms with Crippen molar-refractivity contribution >= 4 is 38.2 Å². The second-order valence-corrected chi connectivity index (χ2v) is 8.61. The molecule has 0 atom stereocenters. The van der Waals surface area contributed by atoms with E-state index in [-0.39, 0.29) is 17.5 Å². The number of Topliss-reactive ketones (excluding diaryl/α,β-unsaturated/α-hetero) is 1. The van der Waals surface area contributed by atoms with Crippen LogP contribution in [0.15, 0.2) is 47.3 Å². The van der Waals surface area contributed by atoms with E-state index in [1.807, 2.05) is 17.1 Å². The van der Waals surface area contributed by atoms with Crippen molar-refractivity contribution in [2.75, 3.05) is 18.0 Å². The van der Waals surface area contributed by atoms with E-state index in [1.165, 1.54) is 12.1 Å². The molecule has 0 bridgehead atoms. The number of anilines is 1. The topological polar surface area (TPSA) is 51.0 Å². The molecular formula is C19H18BrFN4OS. The lowest BCUT2D eigenvalue weighted by Gasteiger charge is -2.31. The number of hydrogen-bond donors (Lipinski definition) is 0. The molecule has 0 saturated carbocycles. The van der Waals surface area contributed by atoms with Crippen molar-refractivity contribution < 1.29 is 9.18 Å². The van der Waals surface area contributed by atoms with Crippen molar-refractivity contribution in [2.24, 2.45) is 5.92 Å². The van der Waals surface area contributed by atoms with Crippen LogP contribution in [0.3, 0.4) is 0 Å². The molecule has 0 amide bonds. The number of nitrogens with zero attached hydrogens (tertiary/aromatic N) is 4. The van der Waals surface area contributed by atoms with Gasteiger partial charge in [-0.2, -0.15) is 5.10 Å². The van der Waals surface area contributed by atoms with Crippen molar-refractivity contribution in [1.29, 1.82) is 0 Å². The summed E-state index contributed by atoms with van der Waals surface area (Å²) < 4.78 is 15.9. The molecule has 5 nitrogen and oxygen atoms in total. The molecule has 2 aromatic heterocycles. The summed E-state index contributed by atoms with van der Waals surface area (Å²) in [6, 6.07) is 5.84. The van der Waals surface area contributed by atoms with E-state index >= 15 is 0 Å². The maximum absolute atomic E-state index is 13.0. The van der Waals surface area contributed by atoms with Gasteiger partial charge in [-0.1, -0.05) is 11.3 Å². The van der Waals surface area contributed by atoms with Gasteiger partial charge in [0.15, 0.2) is 10.9 Å². The molecule has 0 radical (unpaired) electrons. The minimum Gasteiger partial charge on any atom is -0.348 e. The first-order valence-corrected chi connectivity index (χ1v) is 10.4. The van der Waals surface area contributed by atoms with Crippen molar-refractivity contribution in [3.05, 3.63) is 63.6 Å². The SMILES string of the molecule is O=C(c1ccc(F)cc1)C1CCN(c2ncc(Cn3cc(Br)cn3)s2)CC1. The van der Waals surface area contributed by atoms with Crippen LogP contribution in [0.25, 0.3) is 0 Å². The fourth-order valence-electron chi connectivity index (χ4n) is 3.28. The van der Waals surface area contributed by atoms with E-state index in [1.54, 1.807) is 29.7 Å². The molecule has 0 N–H and O–H groups in total. The lowest BCUT2D eigenvalue weighted by molar-refractivity contribution is 0.0900. The van der Waals surface area contributed by atoms with E-state index in [0.717, 1.165) is 40.4 Å². The summed E-state index contributed by atoms with van der Waals surface area (Å²) in [5.41, 5.74) is 0.594. The number of piperidine rings is 1. The predicted octanol–water partition coefficient (Wildman–Crippen LogP) is 4.39. The van der Waals surface area contributed by atoms with E-state index < -0.39 is 0 Å². The van der Waals surface area contributed by atoms with Crippen molar-refractivity contribution in [3.63, 3.8) is 0 Å². The highest BCUT2D eigenvalue weighted by atomic mass is 79.9. The van der Waals surface area contributed by atoms with Crippen LogP contribution >= 0.6 is 27.3 Å². The molecule has 3 aromatic rings. The molecule has 8 heteroatoms. The third-order valence-corrected chi connectivity index (χ3v) is 6.18. The number of hydrogen-bond acceptors (Lipinski definition) is 5. The van der Waals surface area contributed by atoms with Gasteiger partial charge >= 0.3 is 0 Å². The third kappa shape index (κ3) is 4.27. The molecule has 0 spiro atoms. The fraction of sp³-hybridized carbons (Fsp3) is 0.316. The van der Waals surface area contributed by atoms with Gasteiger partial charge in [0.2, 0.25) is 0 Å². The van der Waals surface area contributed by atoms with Crippen LogP contribution in [0.1, 0.15) is 28.1 Å². The van der Waals surface area contributed by atoms with Gasteiger partial charge in [-0.15, -0.1) is 0 Å². The summed E-state index contributed by atoms with van der Waals surface area (Å²) in [5, 5.41) is 5.26. The lowest BCUT2D eigenvalue weighted by atomic mass is 9.89. The van der Waals surface area contributed by atoms with Gasteiger partial charge in [-0.3, -0.25) is 9.48 Å². The maximum atomic E-state index is 13.0. The monoisotopic (exact) mass is 448 g/mol.